The maximum Gasteiger partial charge on any atom is 0.243 e. The van der Waals surface area contributed by atoms with Crippen molar-refractivity contribution in [3.05, 3.63) is 58.6 Å². The lowest BCUT2D eigenvalue weighted by Crippen LogP contribution is -2.30. The second-order valence-electron chi connectivity index (χ2n) is 4.59. The Morgan fingerprint density at radius 1 is 1.14 bits per heavy atom. The molecule has 0 aliphatic rings. The predicted molar refractivity (Wildman–Crippen MR) is 88.3 cm³/mol. The van der Waals surface area contributed by atoms with E-state index in [0.717, 1.165) is 10.0 Å². The van der Waals surface area contributed by atoms with E-state index in [9.17, 15) is 8.42 Å². The van der Waals surface area contributed by atoms with E-state index < -0.39 is 10.0 Å². The zero-order valence-corrected chi connectivity index (χ0v) is 14.1. The molecule has 2 aromatic rings. The molecule has 0 aromatic heterocycles. The zero-order valence-electron chi connectivity index (χ0n) is 11.7. The van der Waals surface area contributed by atoms with Gasteiger partial charge in [-0.15, -0.1) is 0 Å². The Morgan fingerprint density at radius 3 is 2.48 bits per heavy atom. The van der Waals surface area contributed by atoms with Crippen molar-refractivity contribution in [2.45, 2.75) is 18.4 Å². The van der Waals surface area contributed by atoms with Crippen LogP contribution in [0.1, 0.15) is 12.5 Å². The molecule has 2 rings (SSSR count). The van der Waals surface area contributed by atoms with Crippen LogP contribution in [-0.2, 0) is 16.6 Å². The second kappa shape index (κ2) is 6.60. The van der Waals surface area contributed by atoms with Gasteiger partial charge in [0.25, 0.3) is 0 Å². The summed E-state index contributed by atoms with van der Waals surface area (Å²) in [6, 6.07) is 14.0. The van der Waals surface area contributed by atoms with Crippen molar-refractivity contribution in [1.29, 1.82) is 0 Å². The van der Waals surface area contributed by atoms with E-state index in [0.29, 0.717) is 12.2 Å². The van der Waals surface area contributed by atoms with E-state index >= 15 is 0 Å². The molecular formula is C15H17BrN2O2S. The van der Waals surface area contributed by atoms with Crippen LogP contribution in [0.4, 0.5) is 5.69 Å². The highest BCUT2D eigenvalue weighted by molar-refractivity contribution is 9.10. The molecule has 2 aromatic carbocycles. The van der Waals surface area contributed by atoms with E-state index in [1.807, 2.05) is 25.1 Å². The molecular weight excluding hydrogens is 352 g/mol. The first-order valence-electron chi connectivity index (χ1n) is 6.54. The van der Waals surface area contributed by atoms with Crippen LogP contribution < -0.4 is 5.73 Å². The van der Waals surface area contributed by atoms with Gasteiger partial charge in [0.2, 0.25) is 10.0 Å². The summed E-state index contributed by atoms with van der Waals surface area (Å²) >= 11 is 3.30. The van der Waals surface area contributed by atoms with E-state index in [-0.39, 0.29) is 11.4 Å². The van der Waals surface area contributed by atoms with Gasteiger partial charge in [-0.25, -0.2) is 8.42 Å². The van der Waals surface area contributed by atoms with Crippen molar-refractivity contribution >= 4 is 31.6 Å². The molecule has 0 heterocycles. The van der Waals surface area contributed by atoms with Crippen LogP contribution in [0.3, 0.4) is 0 Å². The summed E-state index contributed by atoms with van der Waals surface area (Å²) in [6.07, 6.45) is 0. The second-order valence-corrected chi connectivity index (χ2v) is 7.44. The molecule has 6 heteroatoms. The van der Waals surface area contributed by atoms with Gasteiger partial charge in [-0.3, -0.25) is 0 Å². The van der Waals surface area contributed by atoms with Gasteiger partial charge in [0.15, 0.2) is 0 Å². The van der Waals surface area contributed by atoms with Gasteiger partial charge in [0.1, 0.15) is 0 Å². The van der Waals surface area contributed by atoms with Gasteiger partial charge in [-0.05, 0) is 29.8 Å². The van der Waals surface area contributed by atoms with Crippen LogP contribution in [0, 0.1) is 0 Å². The van der Waals surface area contributed by atoms with Gasteiger partial charge in [0, 0.05) is 23.2 Å². The van der Waals surface area contributed by atoms with Crippen molar-refractivity contribution in [3.8, 4) is 0 Å². The van der Waals surface area contributed by atoms with E-state index in [2.05, 4.69) is 15.9 Å². The number of benzene rings is 2. The minimum Gasteiger partial charge on any atom is -0.398 e. The summed E-state index contributed by atoms with van der Waals surface area (Å²) in [5.41, 5.74) is 7.30. The van der Waals surface area contributed by atoms with Gasteiger partial charge < -0.3 is 5.73 Å². The monoisotopic (exact) mass is 368 g/mol. The summed E-state index contributed by atoms with van der Waals surface area (Å²) in [6.45, 7) is 2.45. The maximum absolute atomic E-state index is 12.7. The summed E-state index contributed by atoms with van der Waals surface area (Å²) in [5, 5.41) is 0. The first kappa shape index (κ1) is 16.0. The molecule has 0 unspecified atom stereocenters. The number of nitrogen functional groups attached to an aromatic ring is 1. The molecule has 0 radical (unpaired) electrons. The molecule has 112 valence electrons. The van der Waals surface area contributed by atoms with Crippen LogP contribution in [0.2, 0.25) is 0 Å². The smallest absolute Gasteiger partial charge is 0.243 e. The first-order chi connectivity index (χ1) is 9.95. The summed E-state index contributed by atoms with van der Waals surface area (Å²) < 4.78 is 27.5. The molecule has 0 saturated carbocycles. The van der Waals surface area contributed by atoms with E-state index in [1.54, 1.807) is 30.3 Å². The molecule has 0 fully saturated rings. The fraction of sp³-hybridized carbons (Fsp3) is 0.200. The molecule has 0 atom stereocenters. The van der Waals surface area contributed by atoms with Crippen LogP contribution in [0.5, 0.6) is 0 Å². The standard InChI is InChI=1S/C15H17BrN2O2S/c1-2-18(11-12-6-3-4-9-15(12)17)21(19,20)14-8-5-7-13(16)10-14/h3-10H,2,11,17H2,1H3. The Balaban J connectivity index is 2.35. The van der Waals surface area contributed by atoms with Crippen LogP contribution in [0.25, 0.3) is 0 Å². The molecule has 0 bridgehead atoms. The van der Waals surface area contributed by atoms with Crippen LogP contribution in [0.15, 0.2) is 57.9 Å². The number of para-hydroxylation sites is 1. The Bertz CT molecular complexity index is 732. The number of hydrogen-bond donors (Lipinski definition) is 1. The normalized spacial score (nSPS) is 11.8. The van der Waals surface area contributed by atoms with Gasteiger partial charge in [-0.1, -0.05) is 47.1 Å². The Labute approximate surface area is 133 Å². The molecule has 0 amide bonds. The number of sulfonamides is 1. The van der Waals surface area contributed by atoms with Crippen molar-refractivity contribution in [2.24, 2.45) is 0 Å². The minimum absolute atomic E-state index is 0.262. The zero-order chi connectivity index (χ0) is 15.5. The van der Waals surface area contributed by atoms with Crippen molar-refractivity contribution in [3.63, 3.8) is 0 Å². The number of halogens is 1. The third-order valence-electron chi connectivity index (χ3n) is 3.19. The van der Waals surface area contributed by atoms with Gasteiger partial charge >= 0.3 is 0 Å². The molecule has 0 saturated heterocycles. The lowest BCUT2D eigenvalue weighted by Gasteiger charge is -2.21. The van der Waals surface area contributed by atoms with Crippen molar-refractivity contribution in [2.75, 3.05) is 12.3 Å². The van der Waals surface area contributed by atoms with E-state index in [4.69, 9.17) is 5.73 Å². The number of rotatable bonds is 5. The number of nitrogens with zero attached hydrogens (tertiary/aromatic N) is 1. The topological polar surface area (TPSA) is 63.4 Å². The van der Waals surface area contributed by atoms with Crippen LogP contribution >= 0.6 is 15.9 Å². The summed E-state index contributed by atoms with van der Waals surface area (Å²) in [4.78, 5) is 0.272. The Morgan fingerprint density at radius 2 is 1.86 bits per heavy atom. The Kier molecular flexibility index (Phi) is 5.03. The maximum atomic E-state index is 12.7. The Hall–Kier alpha value is -1.37. The van der Waals surface area contributed by atoms with Gasteiger partial charge in [0.05, 0.1) is 4.90 Å². The highest BCUT2D eigenvalue weighted by Crippen LogP contribution is 2.23. The fourth-order valence-corrected chi connectivity index (χ4v) is 4.04. The molecule has 2 N–H and O–H groups in total. The quantitative estimate of drug-likeness (QED) is 0.823. The number of hydrogen-bond acceptors (Lipinski definition) is 3. The lowest BCUT2D eigenvalue weighted by molar-refractivity contribution is 0.424. The molecule has 0 aliphatic carbocycles. The molecule has 0 aliphatic heterocycles. The third-order valence-corrected chi connectivity index (χ3v) is 5.60. The van der Waals surface area contributed by atoms with Crippen molar-refractivity contribution < 1.29 is 8.42 Å². The average molecular weight is 369 g/mol. The highest BCUT2D eigenvalue weighted by atomic mass is 79.9. The average Bonchev–Trinajstić information content (AvgIpc) is 2.46. The fourth-order valence-electron chi connectivity index (χ4n) is 2.01. The highest BCUT2D eigenvalue weighted by Gasteiger charge is 2.23. The summed E-state index contributed by atoms with van der Waals surface area (Å²) in [7, 11) is -3.54. The number of anilines is 1. The third kappa shape index (κ3) is 3.64. The van der Waals surface area contributed by atoms with Crippen LogP contribution in [-0.4, -0.2) is 19.3 Å². The first-order valence-corrected chi connectivity index (χ1v) is 8.77. The van der Waals surface area contributed by atoms with E-state index in [1.165, 1.54) is 4.31 Å². The molecule has 0 spiro atoms. The SMILES string of the molecule is CCN(Cc1ccccc1N)S(=O)(=O)c1cccc(Br)c1. The largest absolute Gasteiger partial charge is 0.398 e. The minimum atomic E-state index is -3.54. The predicted octanol–water partition coefficient (Wildman–Crippen LogP) is 3.24. The number of nitrogens with two attached hydrogens (primary N) is 1. The van der Waals surface area contributed by atoms with Gasteiger partial charge in [-0.2, -0.15) is 4.31 Å². The lowest BCUT2D eigenvalue weighted by atomic mass is 10.2. The molecule has 4 nitrogen and oxygen atoms in total. The van der Waals surface area contributed by atoms with Crippen molar-refractivity contribution in [1.82, 2.24) is 4.31 Å². The molecule has 21 heavy (non-hydrogen) atoms. The summed E-state index contributed by atoms with van der Waals surface area (Å²) in [5.74, 6) is 0.